The summed E-state index contributed by atoms with van der Waals surface area (Å²) < 4.78 is 28.8. The molecular weight excluding hydrogens is 520 g/mol. The van der Waals surface area contributed by atoms with Gasteiger partial charge in [-0.05, 0) is 43.7 Å². The minimum absolute atomic E-state index is 0.142. The quantitative estimate of drug-likeness (QED) is 0.256. The molecule has 220 valence electrons. The molecule has 0 amide bonds. The standard InChI is InChI=1S/C29H40N2O9/c1-6-16-13-31-11-10-29(40-28-25(34)24(33)23(32)15(2)39-28)22-19(8-7-9-21(22)37-4)30-26(29)20(31)12-17(16)18(14-36-3)27(35)38-5/h7-9,14-17,20,23-25,28,32-34H,6,10-13H2,1-5H3/b18-14+/t15?,16-,17+,20+,23?,24?,25?,28?,29+/m1/s1. The second-order valence-corrected chi connectivity index (χ2v) is 11.0. The number of ether oxygens (including phenoxy) is 5. The number of aliphatic hydroxyl groups is 3. The van der Waals surface area contributed by atoms with Gasteiger partial charge in [-0.2, -0.15) is 0 Å². The van der Waals surface area contributed by atoms with E-state index < -0.39 is 42.3 Å². The number of piperidine rings is 2. The number of nitrogens with zero attached hydrogens (tertiary/aromatic N) is 2. The van der Waals surface area contributed by atoms with Crippen LogP contribution in [0, 0.1) is 11.8 Å². The molecule has 0 spiro atoms. The first kappa shape index (κ1) is 29.0. The lowest BCUT2D eigenvalue weighted by molar-refractivity contribution is -0.315. The van der Waals surface area contributed by atoms with Crippen LogP contribution in [0.25, 0.3) is 0 Å². The van der Waals surface area contributed by atoms with Crippen LogP contribution >= 0.6 is 0 Å². The van der Waals surface area contributed by atoms with Crippen LogP contribution in [-0.2, 0) is 29.3 Å². The Hall–Kier alpha value is -2.54. The molecule has 0 saturated carbocycles. The lowest BCUT2D eigenvalue weighted by Crippen LogP contribution is -2.64. The van der Waals surface area contributed by atoms with Crippen LogP contribution in [0.15, 0.2) is 35.0 Å². The molecule has 5 unspecified atom stereocenters. The second-order valence-electron chi connectivity index (χ2n) is 11.0. The van der Waals surface area contributed by atoms with E-state index in [2.05, 4.69) is 11.8 Å². The number of aliphatic hydroxyl groups excluding tert-OH is 3. The van der Waals surface area contributed by atoms with Crippen molar-refractivity contribution in [2.24, 2.45) is 16.8 Å². The SMILES string of the molecule is CC[C@@H]1CN2CC[C@@]3(OC4OC(C)C(O)C(O)C4O)C(=Nc4cccc(OC)c43)[C@@H]2C[C@@H]1/C(=C\OC)C(=O)OC. The highest BCUT2D eigenvalue weighted by Crippen LogP contribution is 2.54. The van der Waals surface area contributed by atoms with E-state index in [4.69, 9.17) is 28.7 Å². The summed E-state index contributed by atoms with van der Waals surface area (Å²) in [5.74, 6) is 0.231. The van der Waals surface area contributed by atoms with Gasteiger partial charge in [0.05, 0.1) is 62.3 Å². The Bertz CT molecular complexity index is 1170. The minimum Gasteiger partial charge on any atom is -0.504 e. The number of carbonyl (C=O) groups excluding carboxylic acids is 1. The molecule has 11 nitrogen and oxygen atoms in total. The van der Waals surface area contributed by atoms with Gasteiger partial charge in [0, 0.05) is 13.1 Å². The average molecular weight is 561 g/mol. The molecule has 0 aromatic heterocycles. The van der Waals surface area contributed by atoms with Crippen molar-refractivity contribution in [3.8, 4) is 5.75 Å². The molecule has 0 radical (unpaired) electrons. The minimum atomic E-state index is -1.47. The molecule has 9 atom stereocenters. The topological polar surface area (TPSA) is 140 Å². The first-order chi connectivity index (χ1) is 19.2. The van der Waals surface area contributed by atoms with Gasteiger partial charge in [0.1, 0.15) is 29.7 Å². The van der Waals surface area contributed by atoms with Gasteiger partial charge in [0.15, 0.2) is 6.29 Å². The third-order valence-corrected chi connectivity index (χ3v) is 9.02. The van der Waals surface area contributed by atoms with Gasteiger partial charge in [-0.3, -0.25) is 9.89 Å². The van der Waals surface area contributed by atoms with Crippen LogP contribution in [0.4, 0.5) is 5.69 Å². The Kier molecular flexibility index (Phi) is 8.24. The summed E-state index contributed by atoms with van der Waals surface area (Å²) in [6.45, 7) is 5.15. The molecule has 1 aromatic rings. The first-order valence-corrected chi connectivity index (χ1v) is 13.9. The third-order valence-electron chi connectivity index (χ3n) is 9.02. The molecule has 3 N–H and O–H groups in total. The highest BCUT2D eigenvalue weighted by Gasteiger charge is 2.58. The monoisotopic (exact) mass is 560 g/mol. The fraction of sp³-hybridized carbons (Fsp3) is 0.655. The molecular formula is C29H40N2O9. The van der Waals surface area contributed by atoms with Gasteiger partial charge >= 0.3 is 5.97 Å². The Labute approximate surface area is 234 Å². The Morgan fingerprint density at radius 3 is 2.65 bits per heavy atom. The summed E-state index contributed by atoms with van der Waals surface area (Å²) in [5.41, 5.74) is 1.55. The highest BCUT2D eigenvalue weighted by molar-refractivity contribution is 6.05. The lowest BCUT2D eigenvalue weighted by Gasteiger charge is -2.52. The summed E-state index contributed by atoms with van der Waals surface area (Å²) in [5, 5.41) is 31.7. The van der Waals surface area contributed by atoms with Crippen molar-refractivity contribution in [3.63, 3.8) is 0 Å². The molecule has 4 aliphatic rings. The zero-order valence-electron chi connectivity index (χ0n) is 23.6. The predicted molar refractivity (Wildman–Crippen MR) is 144 cm³/mol. The zero-order chi connectivity index (χ0) is 28.8. The molecule has 1 aromatic carbocycles. The molecule has 0 aliphatic carbocycles. The van der Waals surface area contributed by atoms with E-state index in [0.29, 0.717) is 36.4 Å². The van der Waals surface area contributed by atoms with Crippen LogP contribution < -0.4 is 4.74 Å². The summed E-state index contributed by atoms with van der Waals surface area (Å²) in [4.78, 5) is 20.3. The van der Waals surface area contributed by atoms with E-state index >= 15 is 0 Å². The van der Waals surface area contributed by atoms with Crippen molar-refractivity contribution >= 4 is 17.4 Å². The normalized spacial score (nSPS) is 37.6. The number of esters is 1. The van der Waals surface area contributed by atoms with E-state index in [1.165, 1.54) is 20.5 Å². The maximum absolute atomic E-state index is 12.8. The van der Waals surface area contributed by atoms with Crippen molar-refractivity contribution in [1.29, 1.82) is 0 Å². The number of methoxy groups -OCH3 is 3. The van der Waals surface area contributed by atoms with Crippen LogP contribution in [-0.4, -0.2) is 103 Å². The second kappa shape index (κ2) is 11.4. The van der Waals surface area contributed by atoms with Crippen LogP contribution in [0.2, 0.25) is 0 Å². The Balaban J connectivity index is 1.57. The van der Waals surface area contributed by atoms with E-state index in [1.54, 1.807) is 14.0 Å². The number of hydrogen-bond acceptors (Lipinski definition) is 11. The molecule has 0 bridgehead atoms. The van der Waals surface area contributed by atoms with Crippen LogP contribution in [0.3, 0.4) is 0 Å². The van der Waals surface area contributed by atoms with Crippen molar-refractivity contribution in [2.45, 2.75) is 75.5 Å². The van der Waals surface area contributed by atoms with Gasteiger partial charge in [-0.1, -0.05) is 19.4 Å². The summed E-state index contributed by atoms with van der Waals surface area (Å²) in [6, 6.07) is 5.42. The Morgan fingerprint density at radius 2 is 1.98 bits per heavy atom. The molecule has 5 rings (SSSR count). The van der Waals surface area contributed by atoms with E-state index in [0.717, 1.165) is 24.2 Å². The highest BCUT2D eigenvalue weighted by atomic mass is 16.7. The van der Waals surface area contributed by atoms with Gasteiger partial charge in [0.2, 0.25) is 0 Å². The summed E-state index contributed by atoms with van der Waals surface area (Å²) in [6.07, 6.45) is -2.70. The fourth-order valence-electron chi connectivity index (χ4n) is 6.92. The van der Waals surface area contributed by atoms with Crippen molar-refractivity contribution in [1.82, 2.24) is 4.90 Å². The molecule has 4 aliphatic heterocycles. The fourth-order valence-corrected chi connectivity index (χ4v) is 6.92. The first-order valence-electron chi connectivity index (χ1n) is 13.9. The third kappa shape index (κ3) is 4.62. The number of fused-ring (bicyclic) bond motifs is 5. The van der Waals surface area contributed by atoms with Crippen LogP contribution in [0.1, 0.15) is 38.7 Å². The molecule has 3 saturated heterocycles. The number of carbonyl (C=O) groups is 1. The van der Waals surface area contributed by atoms with Gasteiger partial charge < -0.3 is 39.0 Å². The van der Waals surface area contributed by atoms with Crippen molar-refractivity contribution < 1.29 is 43.8 Å². The van der Waals surface area contributed by atoms with Crippen molar-refractivity contribution in [3.05, 3.63) is 35.6 Å². The van der Waals surface area contributed by atoms with Gasteiger partial charge in [0.25, 0.3) is 0 Å². The molecule has 11 heteroatoms. The van der Waals surface area contributed by atoms with Crippen LogP contribution in [0.5, 0.6) is 5.75 Å². The smallest absolute Gasteiger partial charge is 0.337 e. The van der Waals surface area contributed by atoms with Crippen molar-refractivity contribution in [2.75, 3.05) is 34.4 Å². The van der Waals surface area contributed by atoms with E-state index in [9.17, 15) is 20.1 Å². The maximum Gasteiger partial charge on any atom is 0.337 e. The molecule has 40 heavy (non-hydrogen) atoms. The van der Waals surface area contributed by atoms with Gasteiger partial charge in [-0.25, -0.2) is 4.79 Å². The molecule has 4 heterocycles. The number of aliphatic imine (C=N–C) groups is 1. The predicted octanol–water partition coefficient (Wildman–Crippen LogP) is 1.64. The lowest BCUT2D eigenvalue weighted by atomic mass is 9.70. The largest absolute Gasteiger partial charge is 0.504 e. The summed E-state index contributed by atoms with van der Waals surface area (Å²) >= 11 is 0. The van der Waals surface area contributed by atoms with E-state index in [-0.39, 0.29) is 17.9 Å². The number of hydrogen-bond donors (Lipinski definition) is 3. The number of rotatable bonds is 7. The zero-order valence-corrected chi connectivity index (χ0v) is 23.6. The Morgan fingerprint density at radius 1 is 1.20 bits per heavy atom. The van der Waals surface area contributed by atoms with Gasteiger partial charge in [-0.15, -0.1) is 0 Å². The summed E-state index contributed by atoms with van der Waals surface area (Å²) in [7, 11) is 4.47. The average Bonchev–Trinajstić information content (AvgIpc) is 3.31. The molecule has 3 fully saturated rings. The number of benzene rings is 1. The maximum atomic E-state index is 12.8. The van der Waals surface area contributed by atoms with E-state index in [1.807, 2.05) is 18.2 Å².